The highest BCUT2D eigenvalue weighted by Gasteiger charge is 2.50. The summed E-state index contributed by atoms with van der Waals surface area (Å²) in [5, 5.41) is 5.09. The molecule has 0 bridgehead atoms. The third-order valence-electron chi connectivity index (χ3n) is 7.46. The topological polar surface area (TPSA) is 69.4 Å². The van der Waals surface area contributed by atoms with Gasteiger partial charge in [-0.3, -0.25) is 0 Å². The van der Waals surface area contributed by atoms with Crippen molar-refractivity contribution in [2.45, 2.75) is 57.8 Å². The Morgan fingerprint density at radius 3 is 2.68 bits per heavy atom. The van der Waals surface area contributed by atoms with Gasteiger partial charge in [-0.2, -0.15) is 13.6 Å². The number of aryl methyl sites for hydroxylation is 1. The first kappa shape index (κ1) is 15.9. The van der Waals surface area contributed by atoms with Gasteiger partial charge in [-0.05, 0) is 90.5 Å². The maximum absolute atomic E-state index is 11.4. The highest BCUT2D eigenvalue weighted by Crippen LogP contribution is 2.62. The number of hydrogen-bond acceptors (Lipinski definition) is 3. The zero-order valence-corrected chi connectivity index (χ0v) is 15.4. The fourth-order valence-electron chi connectivity index (χ4n) is 6.39. The molecular weight excluding hydrogens is 334 g/mol. The van der Waals surface area contributed by atoms with E-state index in [1.54, 1.807) is 0 Å². The number of fused-ring (bicyclic) bond motifs is 7. The zero-order chi connectivity index (χ0) is 17.4. The highest BCUT2D eigenvalue weighted by molar-refractivity contribution is 7.84. The molecule has 4 nitrogen and oxygen atoms in total. The molecule has 0 radical (unpaired) electrons. The summed E-state index contributed by atoms with van der Waals surface area (Å²) in [5.41, 5.74) is 5.41. The van der Waals surface area contributed by atoms with Crippen molar-refractivity contribution < 1.29 is 12.6 Å². The molecule has 4 atom stereocenters. The van der Waals surface area contributed by atoms with Crippen molar-refractivity contribution in [1.82, 2.24) is 0 Å². The summed E-state index contributed by atoms with van der Waals surface area (Å²) in [6.45, 7) is 2.51. The molecule has 1 aromatic rings. The van der Waals surface area contributed by atoms with E-state index >= 15 is 0 Å². The van der Waals surface area contributed by atoms with Crippen LogP contribution in [0.1, 0.15) is 73.6 Å². The lowest BCUT2D eigenvalue weighted by molar-refractivity contribution is 0.0597. The largest absolute Gasteiger partial charge is 0.380 e. The molecule has 1 aromatic carbocycles. The second kappa shape index (κ2) is 5.10. The molecule has 0 saturated heterocycles. The van der Waals surface area contributed by atoms with Gasteiger partial charge >= 0.3 is 10.3 Å². The fraction of sp³-hybridized carbons (Fsp3) is 0.600. The first-order valence-electron chi connectivity index (χ1n) is 9.46. The summed E-state index contributed by atoms with van der Waals surface area (Å²) >= 11 is 0. The van der Waals surface area contributed by atoms with E-state index < -0.39 is 10.3 Å². The van der Waals surface area contributed by atoms with Crippen LogP contribution >= 0.6 is 0 Å². The quantitative estimate of drug-likeness (QED) is 0.881. The van der Waals surface area contributed by atoms with E-state index in [9.17, 15) is 8.42 Å². The average Bonchev–Trinajstić information content (AvgIpc) is 2.87. The van der Waals surface area contributed by atoms with Crippen LogP contribution < -0.4 is 9.32 Å². The number of nitrogens with two attached hydrogens (primary N) is 1. The van der Waals surface area contributed by atoms with Crippen LogP contribution in [0.4, 0.5) is 0 Å². The van der Waals surface area contributed by atoms with Gasteiger partial charge in [-0.25, -0.2) is 0 Å². The third-order valence-corrected chi connectivity index (χ3v) is 7.87. The summed E-state index contributed by atoms with van der Waals surface area (Å²) < 4.78 is 27.8. The van der Waals surface area contributed by atoms with Gasteiger partial charge < -0.3 is 4.18 Å². The van der Waals surface area contributed by atoms with Crippen LogP contribution in [0.15, 0.2) is 6.07 Å². The summed E-state index contributed by atoms with van der Waals surface area (Å²) in [7, 11) is -3.99. The first-order valence-corrected chi connectivity index (χ1v) is 10.9. The average molecular weight is 359 g/mol. The summed E-state index contributed by atoms with van der Waals surface area (Å²) in [4.78, 5) is 0. The molecule has 3 unspecified atom stereocenters. The van der Waals surface area contributed by atoms with Crippen molar-refractivity contribution in [2.24, 2.45) is 22.4 Å². The molecule has 0 spiro atoms. The molecule has 5 rings (SSSR count). The van der Waals surface area contributed by atoms with E-state index in [0.717, 1.165) is 23.8 Å². The molecule has 2 fully saturated rings. The van der Waals surface area contributed by atoms with Crippen LogP contribution in [0.25, 0.3) is 12.2 Å². The number of rotatable bonds is 2. The van der Waals surface area contributed by atoms with E-state index in [2.05, 4.69) is 13.0 Å². The fourth-order valence-corrected chi connectivity index (χ4v) is 6.78. The molecule has 0 aliphatic heterocycles. The molecule has 134 valence electrons. The van der Waals surface area contributed by atoms with Crippen molar-refractivity contribution in [3.8, 4) is 5.75 Å². The Bertz CT molecular complexity index is 889. The molecule has 0 aromatic heterocycles. The highest BCUT2D eigenvalue weighted by atomic mass is 32.2. The molecule has 5 heteroatoms. The standard InChI is InChI=1S/C20H25NO3S/c1-20-9-2-3-17(20)13-5-4-12-11-18(24-25(21,22)23)14-6-7-15(14)19(12)16(13)8-10-20/h6-7,11,13,16-17H,2-5,8-10H2,1H3,(H2,21,22,23)/t13?,16?,17?,20-/m0/s1. The predicted octanol–water partition coefficient (Wildman–Crippen LogP) is 4.00. The van der Waals surface area contributed by atoms with Crippen molar-refractivity contribution in [3.05, 3.63) is 28.3 Å². The SMILES string of the molecule is C[C@@]12CCCC1C1CCc3cc(OS(N)(=O)=O)c4c(c3C1CC2)C=C4. The Morgan fingerprint density at radius 1 is 1.16 bits per heavy atom. The van der Waals surface area contributed by atoms with Gasteiger partial charge in [-0.1, -0.05) is 19.4 Å². The predicted molar refractivity (Wildman–Crippen MR) is 98.3 cm³/mol. The van der Waals surface area contributed by atoms with Crippen molar-refractivity contribution in [1.29, 1.82) is 0 Å². The lowest BCUT2D eigenvalue weighted by Gasteiger charge is -2.50. The lowest BCUT2D eigenvalue weighted by Crippen LogP contribution is -2.40. The first-order chi connectivity index (χ1) is 11.9. The number of benzene rings is 1. The molecule has 4 aliphatic carbocycles. The van der Waals surface area contributed by atoms with Gasteiger partial charge in [0.15, 0.2) is 5.75 Å². The summed E-state index contributed by atoms with van der Waals surface area (Å²) in [6.07, 6.45) is 13.1. The minimum Gasteiger partial charge on any atom is -0.370 e. The summed E-state index contributed by atoms with van der Waals surface area (Å²) in [5.74, 6) is 2.68. The van der Waals surface area contributed by atoms with E-state index in [1.165, 1.54) is 55.2 Å². The Balaban J connectivity index is 1.57. The lowest BCUT2D eigenvalue weighted by atomic mass is 9.55. The monoisotopic (exact) mass is 359 g/mol. The molecule has 0 amide bonds. The van der Waals surface area contributed by atoms with E-state index in [0.29, 0.717) is 17.1 Å². The van der Waals surface area contributed by atoms with Crippen molar-refractivity contribution >= 4 is 22.5 Å². The van der Waals surface area contributed by atoms with Crippen molar-refractivity contribution in [2.75, 3.05) is 0 Å². The molecule has 2 N–H and O–H groups in total. The van der Waals surface area contributed by atoms with Gasteiger partial charge in [-0.15, -0.1) is 0 Å². The normalized spacial score (nSPS) is 35.2. The second-order valence-corrected chi connectivity index (χ2v) is 9.84. The van der Waals surface area contributed by atoms with Crippen LogP contribution in [0.3, 0.4) is 0 Å². The third kappa shape index (κ3) is 2.32. The van der Waals surface area contributed by atoms with Crippen LogP contribution in [0, 0.1) is 17.3 Å². The number of hydrogen-bond donors (Lipinski definition) is 1. The zero-order valence-electron chi connectivity index (χ0n) is 14.6. The van der Waals surface area contributed by atoms with Crippen molar-refractivity contribution in [3.63, 3.8) is 0 Å². The molecular formula is C20H25NO3S. The molecule has 4 aliphatic rings. The van der Waals surface area contributed by atoms with E-state index in [4.69, 9.17) is 9.32 Å². The van der Waals surface area contributed by atoms with Crippen LogP contribution in [0.5, 0.6) is 5.75 Å². The molecule has 0 heterocycles. The maximum atomic E-state index is 11.4. The maximum Gasteiger partial charge on any atom is 0.380 e. The minimum absolute atomic E-state index is 0.402. The van der Waals surface area contributed by atoms with Crippen LogP contribution in [-0.2, 0) is 16.7 Å². The van der Waals surface area contributed by atoms with E-state index in [1.807, 2.05) is 12.1 Å². The smallest absolute Gasteiger partial charge is 0.370 e. The van der Waals surface area contributed by atoms with Crippen LogP contribution in [0.2, 0.25) is 0 Å². The Kier molecular flexibility index (Phi) is 3.24. The Labute approximate surface area is 149 Å². The Hall–Kier alpha value is -1.33. The second-order valence-electron chi connectivity index (χ2n) is 8.68. The Morgan fingerprint density at radius 2 is 1.96 bits per heavy atom. The van der Waals surface area contributed by atoms with Crippen LogP contribution in [-0.4, -0.2) is 8.42 Å². The minimum atomic E-state index is -3.99. The van der Waals surface area contributed by atoms with Gasteiger partial charge in [0, 0.05) is 5.56 Å². The van der Waals surface area contributed by atoms with E-state index in [-0.39, 0.29) is 0 Å². The van der Waals surface area contributed by atoms with Gasteiger partial charge in [0.05, 0.1) is 0 Å². The van der Waals surface area contributed by atoms with Gasteiger partial charge in [0.25, 0.3) is 0 Å². The molecule has 2 saturated carbocycles. The van der Waals surface area contributed by atoms with Gasteiger partial charge in [0.1, 0.15) is 0 Å². The summed E-state index contributed by atoms with van der Waals surface area (Å²) in [6, 6.07) is 1.93. The molecule has 25 heavy (non-hydrogen) atoms. The van der Waals surface area contributed by atoms with Gasteiger partial charge in [0.2, 0.25) is 0 Å².